The van der Waals surface area contributed by atoms with Gasteiger partial charge >= 0.3 is 6.09 Å². The second kappa shape index (κ2) is 4.21. The number of anilines is 2. The van der Waals surface area contributed by atoms with Crippen molar-refractivity contribution in [1.82, 2.24) is 15.3 Å². The molecular weight excluding hydrogens is 210 g/mol. The van der Waals surface area contributed by atoms with E-state index >= 15 is 0 Å². The van der Waals surface area contributed by atoms with Crippen LogP contribution in [0.5, 0.6) is 0 Å². The Bertz CT molecular complexity index is 397. The Hall–Kier alpha value is -2.05. The number of amides is 1. The Labute approximate surface area is 92.3 Å². The fourth-order valence-corrected chi connectivity index (χ4v) is 1.80. The predicted octanol–water partition coefficient (Wildman–Crippen LogP) is -0.0949. The summed E-state index contributed by atoms with van der Waals surface area (Å²) in [6.45, 7) is 1.38. The number of rotatable bonds is 2. The van der Waals surface area contributed by atoms with Crippen molar-refractivity contribution in [3.8, 4) is 0 Å². The van der Waals surface area contributed by atoms with Crippen LogP contribution in [0.4, 0.5) is 16.6 Å². The van der Waals surface area contributed by atoms with Gasteiger partial charge in [-0.2, -0.15) is 4.98 Å². The summed E-state index contributed by atoms with van der Waals surface area (Å²) in [6, 6.07) is 1.72. The number of carbonyl (C=O) groups is 1. The van der Waals surface area contributed by atoms with E-state index in [-0.39, 0.29) is 12.0 Å². The van der Waals surface area contributed by atoms with Crippen LogP contribution in [-0.2, 0) is 0 Å². The lowest BCUT2D eigenvalue weighted by Gasteiger charge is -2.17. The zero-order valence-corrected chi connectivity index (χ0v) is 8.63. The summed E-state index contributed by atoms with van der Waals surface area (Å²) in [5.74, 6) is 0.967. The molecule has 1 aromatic rings. The molecule has 86 valence electrons. The van der Waals surface area contributed by atoms with E-state index in [1.165, 1.54) is 0 Å². The van der Waals surface area contributed by atoms with E-state index < -0.39 is 6.09 Å². The van der Waals surface area contributed by atoms with Gasteiger partial charge in [-0.15, -0.1) is 0 Å². The van der Waals surface area contributed by atoms with Crippen LogP contribution in [-0.4, -0.2) is 40.3 Å². The average Bonchev–Trinajstić information content (AvgIpc) is 2.65. The van der Waals surface area contributed by atoms with Gasteiger partial charge in [0.1, 0.15) is 5.82 Å². The molecule has 1 amide bonds. The van der Waals surface area contributed by atoms with Crippen LogP contribution in [0.1, 0.15) is 6.42 Å². The molecule has 1 fully saturated rings. The normalized spacial score (nSPS) is 19.8. The third kappa shape index (κ3) is 2.30. The van der Waals surface area contributed by atoms with Gasteiger partial charge in [-0.25, -0.2) is 9.78 Å². The summed E-state index contributed by atoms with van der Waals surface area (Å²) in [7, 11) is 0. The van der Waals surface area contributed by atoms with E-state index in [4.69, 9.17) is 10.8 Å². The molecule has 0 aromatic carbocycles. The molecule has 1 saturated heterocycles. The monoisotopic (exact) mass is 223 g/mol. The van der Waals surface area contributed by atoms with Crippen LogP contribution in [0, 0.1) is 0 Å². The van der Waals surface area contributed by atoms with Gasteiger partial charge in [0.25, 0.3) is 0 Å². The smallest absolute Gasteiger partial charge is 0.404 e. The quantitative estimate of drug-likeness (QED) is 0.647. The summed E-state index contributed by atoms with van der Waals surface area (Å²) in [5.41, 5.74) is 5.48. The first kappa shape index (κ1) is 10.5. The van der Waals surface area contributed by atoms with Crippen LogP contribution < -0.4 is 16.0 Å². The molecule has 0 spiro atoms. The third-order valence-electron chi connectivity index (χ3n) is 2.50. The fourth-order valence-electron chi connectivity index (χ4n) is 1.80. The molecule has 1 aliphatic heterocycles. The molecule has 2 rings (SSSR count). The van der Waals surface area contributed by atoms with Gasteiger partial charge in [0.15, 0.2) is 0 Å². The zero-order chi connectivity index (χ0) is 11.5. The van der Waals surface area contributed by atoms with Crippen molar-refractivity contribution in [2.24, 2.45) is 0 Å². The van der Waals surface area contributed by atoms with Crippen LogP contribution in [0.2, 0.25) is 0 Å². The number of hydrogen-bond acceptors (Lipinski definition) is 5. The van der Waals surface area contributed by atoms with E-state index in [2.05, 4.69) is 15.3 Å². The number of aromatic nitrogens is 2. The molecule has 1 atom stereocenters. The van der Waals surface area contributed by atoms with Crippen molar-refractivity contribution in [1.29, 1.82) is 0 Å². The lowest BCUT2D eigenvalue weighted by molar-refractivity contribution is 0.191. The third-order valence-corrected chi connectivity index (χ3v) is 2.50. The highest BCUT2D eigenvalue weighted by molar-refractivity contribution is 5.65. The molecule has 1 aliphatic rings. The predicted molar refractivity (Wildman–Crippen MR) is 58.2 cm³/mol. The lowest BCUT2D eigenvalue weighted by atomic mass is 10.3. The summed E-state index contributed by atoms with van der Waals surface area (Å²) in [6.07, 6.45) is 1.38. The van der Waals surface area contributed by atoms with Crippen LogP contribution >= 0.6 is 0 Å². The zero-order valence-electron chi connectivity index (χ0n) is 8.63. The maximum atomic E-state index is 10.5. The molecule has 1 unspecified atom stereocenters. The molecule has 0 bridgehead atoms. The molecule has 7 heteroatoms. The van der Waals surface area contributed by atoms with Gasteiger partial charge < -0.3 is 21.1 Å². The number of nitrogens with zero attached hydrogens (tertiary/aromatic N) is 3. The van der Waals surface area contributed by atoms with Gasteiger partial charge in [-0.3, -0.25) is 0 Å². The van der Waals surface area contributed by atoms with Gasteiger partial charge in [0, 0.05) is 19.3 Å². The minimum atomic E-state index is -0.992. The van der Waals surface area contributed by atoms with Gasteiger partial charge in [-0.1, -0.05) is 0 Å². The molecule has 0 radical (unpaired) electrons. The van der Waals surface area contributed by atoms with Crippen LogP contribution in [0.15, 0.2) is 12.3 Å². The van der Waals surface area contributed by atoms with E-state index in [0.717, 1.165) is 18.8 Å². The first-order valence-electron chi connectivity index (χ1n) is 4.98. The molecule has 1 aromatic heterocycles. The Balaban J connectivity index is 2.00. The minimum Gasteiger partial charge on any atom is -0.465 e. The first-order chi connectivity index (χ1) is 7.65. The molecule has 2 heterocycles. The Kier molecular flexibility index (Phi) is 2.76. The van der Waals surface area contributed by atoms with Crippen molar-refractivity contribution in [3.05, 3.63) is 12.3 Å². The first-order valence-corrected chi connectivity index (χ1v) is 4.98. The van der Waals surface area contributed by atoms with Crippen molar-refractivity contribution in [3.63, 3.8) is 0 Å². The minimum absolute atomic E-state index is 0.0475. The van der Waals surface area contributed by atoms with Crippen molar-refractivity contribution >= 4 is 17.9 Å². The van der Waals surface area contributed by atoms with Crippen LogP contribution in [0.3, 0.4) is 0 Å². The number of nitrogen functional groups attached to an aromatic ring is 1. The lowest BCUT2D eigenvalue weighted by Crippen LogP contribution is -2.36. The van der Waals surface area contributed by atoms with Gasteiger partial charge in [0.2, 0.25) is 5.95 Å². The molecule has 0 saturated carbocycles. The molecule has 0 aliphatic carbocycles. The van der Waals surface area contributed by atoms with Gasteiger partial charge in [-0.05, 0) is 12.5 Å². The Morgan fingerprint density at radius 1 is 1.69 bits per heavy atom. The summed E-state index contributed by atoms with van der Waals surface area (Å²) < 4.78 is 0. The Morgan fingerprint density at radius 3 is 3.19 bits per heavy atom. The molecule has 7 nitrogen and oxygen atoms in total. The van der Waals surface area contributed by atoms with E-state index in [0.29, 0.717) is 6.54 Å². The SMILES string of the molecule is Nc1nccc(N2CCC(NC(=O)O)C2)n1. The number of carboxylic acid groups (broad SMARTS) is 1. The number of nitrogens with one attached hydrogen (secondary N) is 1. The second-order valence-corrected chi connectivity index (χ2v) is 3.65. The highest BCUT2D eigenvalue weighted by Crippen LogP contribution is 2.17. The van der Waals surface area contributed by atoms with E-state index in [1.807, 2.05) is 4.90 Å². The Morgan fingerprint density at radius 2 is 2.50 bits per heavy atom. The summed E-state index contributed by atoms with van der Waals surface area (Å²) in [5, 5.41) is 11.1. The summed E-state index contributed by atoms with van der Waals surface area (Å²) >= 11 is 0. The number of hydrogen-bond donors (Lipinski definition) is 3. The second-order valence-electron chi connectivity index (χ2n) is 3.65. The standard InChI is InChI=1S/C9H13N5O2/c10-8-11-3-1-7(13-8)14-4-2-6(5-14)12-9(15)16/h1,3,6,12H,2,4-5H2,(H,15,16)(H2,10,11,13). The highest BCUT2D eigenvalue weighted by Gasteiger charge is 2.24. The van der Waals surface area contributed by atoms with E-state index in [9.17, 15) is 4.79 Å². The van der Waals surface area contributed by atoms with E-state index in [1.54, 1.807) is 12.3 Å². The highest BCUT2D eigenvalue weighted by atomic mass is 16.4. The summed E-state index contributed by atoms with van der Waals surface area (Å²) in [4.78, 5) is 20.4. The molecule has 16 heavy (non-hydrogen) atoms. The molecule has 4 N–H and O–H groups in total. The molecular formula is C9H13N5O2. The van der Waals surface area contributed by atoms with Crippen molar-refractivity contribution < 1.29 is 9.90 Å². The fraction of sp³-hybridized carbons (Fsp3) is 0.444. The van der Waals surface area contributed by atoms with Crippen LogP contribution in [0.25, 0.3) is 0 Å². The topological polar surface area (TPSA) is 104 Å². The van der Waals surface area contributed by atoms with Gasteiger partial charge in [0.05, 0.1) is 6.04 Å². The maximum absolute atomic E-state index is 10.5. The van der Waals surface area contributed by atoms with Crippen molar-refractivity contribution in [2.45, 2.75) is 12.5 Å². The maximum Gasteiger partial charge on any atom is 0.404 e. The van der Waals surface area contributed by atoms with Crippen molar-refractivity contribution in [2.75, 3.05) is 23.7 Å². The largest absolute Gasteiger partial charge is 0.465 e. The average molecular weight is 223 g/mol. The number of nitrogens with two attached hydrogens (primary N) is 1.